The third-order valence-electron chi connectivity index (χ3n) is 6.95. The molecule has 0 unspecified atom stereocenters. The number of anilines is 1. The van der Waals surface area contributed by atoms with Crippen LogP contribution in [0, 0.1) is 43.4 Å². The first-order valence-corrected chi connectivity index (χ1v) is 12.1. The molecule has 10 nitrogen and oxygen atoms in total. The van der Waals surface area contributed by atoms with Gasteiger partial charge in [0.1, 0.15) is 23.4 Å². The average molecular weight is 500 g/mol. The Balaban J connectivity index is 1.42. The lowest BCUT2D eigenvalue weighted by Crippen LogP contribution is -2.50. The Morgan fingerprint density at radius 3 is 2.39 bits per heavy atom. The Morgan fingerprint density at radius 2 is 1.83 bits per heavy atom. The molecule has 3 N–H and O–H groups in total. The average Bonchev–Trinajstić information content (AvgIpc) is 3.77. The number of aryl methyl sites for hydroxylation is 3. The van der Waals surface area contributed by atoms with Crippen molar-refractivity contribution in [1.29, 1.82) is 0 Å². The fourth-order valence-electron chi connectivity index (χ4n) is 4.94. The maximum atomic E-state index is 15.0. The Labute approximate surface area is 205 Å². The van der Waals surface area contributed by atoms with Gasteiger partial charge in [-0.05, 0) is 68.9 Å². The molecule has 2 saturated carbocycles. The number of nitrogens with one attached hydrogen (secondary N) is 3. The Kier molecular flexibility index (Phi) is 6.27. The van der Waals surface area contributed by atoms with Crippen molar-refractivity contribution in [2.45, 2.75) is 58.9 Å². The number of hydrogen-bond donors (Lipinski definition) is 3. The highest BCUT2D eigenvalue weighted by Gasteiger charge is 2.48. The van der Waals surface area contributed by atoms with E-state index >= 15 is 4.39 Å². The zero-order valence-electron chi connectivity index (χ0n) is 20.2. The number of hydrogen-bond acceptors (Lipinski definition) is 7. The largest absolute Gasteiger partial charge is 0.338 e. The van der Waals surface area contributed by atoms with E-state index in [4.69, 9.17) is 4.63 Å². The van der Waals surface area contributed by atoms with Crippen LogP contribution in [0.25, 0.3) is 11.1 Å². The first-order chi connectivity index (χ1) is 17.3. The molecule has 3 heterocycles. The molecule has 190 valence electrons. The molecule has 12 heteroatoms. The van der Waals surface area contributed by atoms with Crippen molar-refractivity contribution in [2.24, 2.45) is 17.8 Å². The third-order valence-corrected chi connectivity index (χ3v) is 6.95. The monoisotopic (exact) mass is 499 g/mol. The molecular formula is C24H27F2N7O3. The van der Waals surface area contributed by atoms with Gasteiger partial charge in [0.15, 0.2) is 5.69 Å². The molecule has 3 aromatic rings. The normalized spacial score (nSPS) is 16.3. The second-order valence-corrected chi connectivity index (χ2v) is 9.57. The van der Waals surface area contributed by atoms with Crippen LogP contribution in [0.1, 0.15) is 60.2 Å². The Hall–Kier alpha value is -3.70. The number of aromatic nitrogens is 5. The predicted octanol–water partition coefficient (Wildman–Crippen LogP) is 3.49. The number of carbonyl (C=O) groups is 2. The van der Waals surface area contributed by atoms with Crippen molar-refractivity contribution < 1.29 is 23.0 Å². The van der Waals surface area contributed by atoms with Gasteiger partial charge in [-0.2, -0.15) is 9.49 Å². The summed E-state index contributed by atoms with van der Waals surface area (Å²) in [5, 5.41) is 19.4. The van der Waals surface area contributed by atoms with Gasteiger partial charge >= 0.3 is 0 Å². The summed E-state index contributed by atoms with van der Waals surface area (Å²) in [6, 6.07) is 0.0472. The van der Waals surface area contributed by atoms with Gasteiger partial charge in [-0.3, -0.25) is 14.7 Å². The molecule has 0 spiro atoms. The van der Waals surface area contributed by atoms with Gasteiger partial charge in [0.2, 0.25) is 11.9 Å². The maximum absolute atomic E-state index is 15.0. The molecule has 0 aromatic carbocycles. The topological polar surface area (TPSA) is 139 Å². The molecule has 2 aliphatic carbocycles. The number of nitrogens with zero attached hydrogens (tertiary/aromatic N) is 4. The first-order valence-electron chi connectivity index (χ1n) is 12.1. The van der Waals surface area contributed by atoms with Crippen molar-refractivity contribution in [3.63, 3.8) is 0 Å². The molecular weight excluding hydrogens is 472 g/mol. The zero-order chi connectivity index (χ0) is 25.6. The second-order valence-electron chi connectivity index (χ2n) is 9.57. The Morgan fingerprint density at radius 1 is 1.14 bits per heavy atom. The van der Waals surface area contributed by atoms with E-state index in [0.717, 1.165) is 31.7 Å². The minimum Gasteiger partial charge on any atom is -0.338 e. The number of H-pyrrole nitrogens is 1. The summed E-state index contributed by atoms with van der Waals surface area (Å²) in [6.45, 7) is 5.09. The minimum absolute atomic E-state index is 0.0195. The highest BCUT2D eigenvalue weighted by atomic mass is 19.1. The maximum Gasteiger partial charge on any atom is 0.276 e. The molecule has 1 atom stereocenters. The summed E-state index contributed by atoms with van der Waals surface area (Å²) in [4.78, 5) is 30.2. The second kappa shape index (κ2) is 9.40. The molecule has 0 saturated heterocycles. The van der Waals surface area contributed by atoms with Crippen molar-refractivity contribution >= 4 is 17.6 Å². The molecule has 5 rings (SSSR count). The number of aromatic amines is 1. The summed E-state index contributed by atoms with van der Waals surface area (Å²) in [7, 11) is 0. The summed E-state index contributed by atoms with van der Waals surface area (Å²) in [5.74, 6) is -2.89. The van der Waals surface area contributed by atoms with Gasteiger partial charge in [-0.1, -0.05) is 12.1 Å². The van der Waals surface area contributed by atoms with Crippen molar-refractivity contribution in [1.82, 2.24) is 30.8 Å². The van der Waals surface area contributed by atoms with Crippen LogP contribution in [-0.2, 0) is 11.2 Å². The fraction of sp³-hybridized carbons (Fsp3) is 0.500. The molecule has 2 amide bonds. The van der Waals surface area contributed by atoms with Crippen LogP contribution < -0.4 is 10.6 Å². The predicted molar refractivity (Wildman–Crippen MR) is 124 cm³/mol. The smallest absolute Gasteiger partial charge is 0.276 e. The number of amides is 2. The molecule has 2 aliphatic rings. The number of halogens is 2. The van der Waals surface area contributed by atoms with E-state index in [0.29, 0.717) is 35.3 Å². The minimum atomic E-state index is -1.07. The number of rotatable bonds is 9. The van der Waals surface area contributed by atoms with Gasteiger partial charge in [0.05, 0.1) is 11.3 Å². The van der Waals surface area contributed by atoms with Gasteiger partial charge in [0.25, 0.3) is 5.91 Å². The van der Waals surface area contributed by atoms with Crippen LogP contribution in [0.4, 0.5) is 14.6 Å². The van der Waals surface area contributed by atoms with Gasteiger partial charge in [0, 0.05) is 17.3 Å². The first kappa shape index (κ1) is 24.0. The van der Waals surface area contributed by atoms with Crippen molar-refractivity contribution in [3.8, 4) is 11.1 Å². The number of carbonyl (C=O) groups excluding carboxylic acids is 2. The summed E-state index contributed by atoms with van der Waals surface area (Å²) >= 11 is 0. The molecule has 0 bridgehead atoms. The highest BCUT2D eigenvalue weighted by molar-refractivity contribution is 6.00. The van der Waals surface area contributed by atoms with Crippen molar-refractivity contribution in [2.75, 3.05) is 5.32 Å². The van der Waals surface area contributed by atoms with Crippen LogP contribution in [0.15, 0.2) is 10.7 Å². The van der Waals surface area contributed by atoms with E-state index in [1.54, 1.807) is 13.8 Å². The molecule has 36 heavy (non-hydrogen) atoms. The van der Waals surface area contributed by atoms with Crippen LogP contribution in [-0.4, -0.2) is 43.4 Å². The van der Waals surface area contributed by atoms with Crippen LogP contribution in [0.3, 0.4) is 0 Å². The van der Waals surface area contributed by atoms with Crippen LogP contribution in [0.2, 0.25) is 0 Å². The van der Waals surface area contributed by atoms with Gasteiger partial charge in [-0.15, -0.1) is 0 Å². The lowest BCUT2D eigenvalue weighted by Gasteiger charge is -2.27. The summed E-state index contributed by atoms with van der Waals surface area (Å²) in [6.07, 6.45) is 4.29. The lowest BCUT2D eigenvalue weighted by atomic mass is 9.88. The van der Waals surface area contributed by atoms with Crippen molar-refractivity contribution in [3.05, 3.63) is 40.6 Å². The lowest BCUT2D eigenvalue weighted by molar-refractivity contribution is -0.119. The van der Waals surface area contributed by atoms with Gasteiger partial charge < -0.3 is 10.6 Å². The third kappa shape index (κ3) is 4.59. The van der Waals surface area contributed by atoms with E-state index in [1.807, 2.05) is 6.92 Å². The van der Waals surface area contributed by atoms with E-state index in [2.05, 4.69) is 36.1 Å². The molecule has 0 aliphatic heterocycles. The number of pyridine rings is 1. The van der Waals surface area contributed by atoms with Crippen LogP contribution >= 0.6 is 0 Å². The van der Waals surface area contributed by atoms with Crippen LogP contribution in [0.5, 0.6) is 0 Å². The Bertz CT molecular complexity index is 1260. The molecule has 2 fully saturated rings. The van der Waals surface area contributed by atoms with E-state index in [9.17, 15) is 14.0 Å². The standard InChI is InChI=1S/C24H27F2N7O3/c1-4-15-20(33-36-32-15)23(34)29-21(18(12-5-6-12)13-7-8-13)24(35)28-16-9-14(25)19(22(26)27-16)17-10(2)30-31-11(17)3/h9,12-13,18,21H,4-8H2,1-3H3,(H,29,34)(H,30,31)(H,27,28,35)/t21-/m0/s1. The van der Waals surface area contributed by atoms with E-state index in [1.165, 1.54) is 0 Å². The van der Waals surface area contributed by atoms with Gasteiger partial charge in [-0.25, -0.2) is 14.0 Å². The fourth-order valence-corrected chi connectivity index (χ4v) is 4.94. The van der Waals surface area contributed by atoms with E-state index in [-0.39, 0.29) is 28.6 Å². The molecule has 0 radical (unpaired) electrons. The molecule has 3 aromatic heterocycles. The summed E-state index contributed by atoms with van der Waals surface area (Å²) < 4.78 is 34.7. The summed E-state index contributed by atoms with van der Waals surface area (Å²) in [5.41, 5.74) is 1.30. The zero-order valence-corrected chi connectivity index (χ0v) is 20.2. The SMILES string of the molecule is CCc1nonc1C(=O)N[C@H](C(=O)Nc1cc(F)c(-c2c(C)n[nH]c2C)c(F)n1)C(C1CC1)C1CC1. The highest BCUT2D eigenvalue weighted by Crippen LogP contribution is 2.51. The quantitative estimate of drug-likeness (QED) is 0.383. The van der Waals surface area contributed by atoms with E-state index < -0.39 is 29.6 Å².